The quantitative estimate of drug-likeness (QED) is 0.819. The van der Waals surface area contributed by atoms with Gasteiger partial charge in [0.25, 0.3) is 0 Å². The van der Waals surface area contributed by atoms with Gasteiger partial charge in [-0.15, -0.1) is 10.2 Å². The maximum atomic E-state index is 12.1. The van der Waals surface area contributed by atoms with Crippen LogP contribution < -0.4 is 5.32 Å². The standard InChI is InChI=1S/C14H15F3N4OS/c1-2-10-5-3-4-6-11(10)21-9-19-20-13(21)23-7-12(22)18-8-14(15,16)17/h3-6,9H,2,7-8H2,1H3,(H,18,22). The Labute approximate surface area is 135 Å². The van der Waals surface area contributed by atoms with Crippen LogP contribution in [0.3, 0.4) is 0 Å². The number of thioether (sulfide) groups is 1. The van der Waals surface area contributed by atoms with Crippen molar-refractivity contribution in [1.29, 1.82) is 0 Å². The van der Waals surface area contributed by atoms with E-state index in [-0.39, 0.29) is 5.75 Å². The van der Waals surface area contributed by atoms with Crippen LogP contribution in [0, 0.1) is 0 Å². The Bertz CT molecular complexity index is 672. The van der Waals surface area contributed by atoms with Crippen molar-refractivity contribution in [3.05, 3.63) is 36.2 Å². The zero-order chi connectivity index (χ0) is 16.9. The Morgan fingerprint density at radius 3 is 2.78 bits per heavy atom. The van der Waals surface area contributed by atoms with E-state index in [2.05, 4.69) is 10.2 Å². The normalized spacial score (nSPS) is 11.5. The van der Waals surface area contributed by atoms with Crippen molar-refractivity contribution < 1.29 is 18.0 Å². The van der Waals surface area contributed by atoms with Crippen molar-refractivity contribution in [2.45, 2.75) is 24.7 Å². The summed E-state index contributed by atoms with van der Waals surface area (Å²) in [6, 6.07) is 7.67. The molecular formula is C14H15F3N4OS. The van der Waals surface area contributed by atoms with Crippen molar-refractivity contribution in [3.8, 4) is 5.69 Å². The van der Waals surface area contributed by atoms with Gasteiger partial charge < -0.3 is 5.32 Å². The van der Waals surface area contributed by atoms with Crippen LogP contribution in [0.15, 0.2) is 35.7 Å². The highest BCUT2D eigenvalue weighted by atomic mass is 32.2. The molecule has 124 valence electrons. The summed E-state index contributed by atoms with van der Waals surface area (Å²) in [6.07, 6.45) is -2.09. The number of nitrogens with one attached hydrogen (secondary N) is 1. The number of amides is 1. The first kappa shape index (κ1) is 17.3. The molecule has 0 aliphatic rings. The lowest BCUT2D eigenvalue weighted by atomic mass is 10.1. The van der Waals surface area contributed by atoms with E-state index >= 15 is 0 Å². The van der Waals surface area contributed by atoms with Gasteiger partial charge in [0.2, 0.25) is 5.91 Å². The summed E-state index contributed by atoms with van der Waals surface area (Å²) in [5, 5.41) is 10.0. The first-order valence-electron chi connectivity index (χ1n) is 6.85. The Kier molecular flexibility index (Phi) is 5.64. The van der Waals surface area contributed by atoms with Gasteiger partial charge in [-0.05, 0) is 18.1 Å². The predicted molar refractivity (Wildman–Crippen MR) is 80.5 cm³/mol. The zero-order valence-corrected chi connectivity index (χ0v) is 13.1. The summed E-state index contributed by atoms with van der Waals surface area (Å²) in [7, 11) is 0. The van der Waals surface area contributed by atoms with Gasteiger partial charge in [-0.1, -0.05) is 36.9 Å². The van der Waals surface area contributed by atoms with E-state index < -0.39 is 18.6 Å². The highest BCUT2D eigenvalue weighted by Crippen LogP contribution is 2.22. The number of hydrogen-bond donors (Lipinski definition) is 1. The number of alkyl halides is 3. The number of hydrogen-bond acceptors (Lipinski definition) is 4. The largest absolute Gasteiger partial charge is 0.405 e. The third-order valence-corrected chi connectivity index (χ3v) is 3.91. The molecule has 2 rings (SSSR count). The highest BCUT2D eigenvalue weighted by molar-refractivity contribution is 7.99. The van der Waals surface area contributed by atoms with E-state index in [0.29, 0.717) is 5.16 Å². The van der Waals surface area contributed by atoms with Crippen molar-refractivity contribution in [2.24, 2.45) is 0 Å². The number of carbonyl (C=O) groups excluding carboxylic acids is 1. The molecule has 1 heterocycles. The number of aryl methyl sites for hydroxylation is 1. The molecule has 0 fully saturated rings. The van der Waals surface area contributed by atoms with Gasteiger partial charge in [-0.3, -0.25) is 9.36 Å². The fourth-order valence-electron chi connectivity index (χ4n) is 1.91. The molecule has 0 aliphatic heterocycles. The third-order valence-electron chi connectivity index (χ3n) is 2.97. The predicted octanol–water partition coefficient (Wildman–Crippen LogP) is 2.60. The Morgan fingerprint density at radius 1 is 1.35 bits per heavy atom. The van der Waals surface area contributed by atoms with Crippen molar-refractivity contribution in [3.63, 3.8) is 0 Å². The molecule has 1 aromatic carbocycles. The second kappa shape index (κ2) is 7.49. The number of para-hydroxylation sites is 1. The molecule has 1 amide bonds. The third kappa shape index (κ3) is 4.98. The van der Waals surface area contributed by atoms with Gasteiger partial charge in [0.15, 0.2) is 5.16 Å². The minimum Gasteiger partial charge on any atom is -0.346 e. The Balaban J connectivity index is 2.03. The van der Waals surface area contributed by atoms with Crippen LogP contribution in [0.1, 0.15) is 12.5 Å². The van der Waals surface area contributed by atoms with E-state index in [4.69, 9.17) is 0 Å². The lowest BCUT2D eigenvalue weighted by Gasteiger charge is -2.11. The number of nitrogens with zero attached hydrogens (tertiary/aromatic N) is 3. The van der Waals surface area contributed by atoms with E-state index in [9.17, 15) is 18.0 Å². The molecule has 1 N–H and O–H groups in total. The number of aromatic nitrogens is 3. The molecule has 0 saturated carbocycles. The SMILES string of the molecule is CCc1ccccc1-n1cnnc1SCC(=O)NCC(F)(F)F. The molecule has 0 unspecified atom stereocenters. The van der Waals surface area contributed by atoms with Crippen LogP contribution >= 0.6 is 11.8 Å². The summed E-state index contributed by atoms with van der Waals surface area (Å²) >= 11 is 1.04. The molecule has 23 heavy (non-hydrogen) atoms. The van der Waals surface area contributed by atoms with E-state index in [1.54, 1.807) is 4.57 Å². The van der Waals surface area contributed by atoms with Gasteiger partial charge >= 0.3 is 6.18 Å². The molecule has 0 saturated heterocycles. The highest BCUT2D eigenvalue weighted by Gasteiger charge is 2.27. The molecule has 1 aromatic heterocycles. The molecule has 2 aromatic rings. The maximum absolute atomic E-state index is 12.1. The molecular weight excluding hydrogens is 329 g/mol. The molecule has 0 spiro atoms. The lowest BCUT2D eigenvalue weighted by Crippen LogP contribution is -2.34. The summed E-state index contributed by atoms with van der Waals surface area (Å²) in [5.74, 6) is -0.867. The van der Waals surface area contributed by atoms with Crippen LogP contribution in [0.2, 0.25) is 0 Å². The fraction of sp³-hybridized carbons (Fsp3) is 0.357. The minimum absolute atomic E-state index is 0.164. The summed E-state index contributed by atoms with van der Waals surface area (Å²) < 4.78 is 37.9. The first-order chi connectivity index (χ1) is 10.9. The van der Waals surface area contributed by atoms with Gasteiger partial charge in [0.1, 0.15) is 12.9 Å². The van der Waals surface area contributed by atoms with Crippen molar-refractivity contribution in [1.82, 2.24) is 20.1 Å². The van der Waals surface area contributed by atoms with Crippen LogP contribution in [0.4, 0.5) is 13.2 Å². The topological polar surface area (TPSA) is 59.8 Å². The lowest BCUT2D eigenvalue weighted by molar-refractivity contribution is -0.136. The minimum atomic E-state index is -4.42. The van der Waals surface area contributed by atoms with Gasteiger partial charge in [-0.25, -0.2) is 0 Å². The van der Waals surface area contributed by atoms with Crippen LogP contribution in [0.25, 0.3) is 5.69 Å². The van der Waals surface area contributed by atoms with Crippen molar-refractivity contribution in [2.75, 3.05) is 12.3 Å². The average molecular weight is 344 g/mol. The zero-order valence-electron chi connectivity index (χ0n) is 12.3. The molecule has 0 radical (unpaired) electrons. The Morgan fingerprint density at radius 2 is 2.09 bits per heavy atom. The fourth-order valence-corrected chi connectivity index (χ4v) is 2.66. The van der Waals surface area contributed by atoms with E-state index in [1.165, 1.54) is 6.33 Å². The van der Waals surface area contributed by atoms with Crippen LogP contribution in [0.5, 0.6) is 0 Å². The molecule has 0 atom stereocenters. The monoisotopic (exact) mass is 344 g/mol. The molecule has 5 nitrogen and oxygen atoms in total. The van der Waals surface area contributed by atoms with Gasteiger partial charge in [0, 0.05) is 0 Å². The summed E-state index contributed by atoms with van der Waals surface area (Å²) in [4.78, 5) is 11.5. The maximum Gasteiger partial charge on any atom is 0.405 e. The Hall–Kier alpha value is -2.03. The average Bonchev–Trinajstić information content (AvgIpc) is 2.98. The second-order valence-corrected chi connectivity index (χ2v) is 5.59. The first-order valence-corrected chi connectivity index (χ1v) is 7.84. The number of carbonyl (C=O) groups is 1. The van der Waals surface area contributed by atoms with Gasteiger partial charge in [0.05, 0.1) is 11.4 Å². The molecule has 0 aliphatic carbocycles. The van der Waals surface area contributed by atoms with Crippen LogP contribution in [-0.4, -0.2) is 39.1 Å². The number of benzene rings is 1. The van der Waals surface area contributed by atoms with Crippen molar-refractivity contribution >= 4 is 17.7 Å². The molecule has 9 heteroatoms. The second-order valence-electron chi connectivity index (χ2n) is 4.65. The number of rotatable bonds is 6. The summed E-state index contributed by atoms with van der Waals surface area (Å²) in [6.45, 7) is 0.679. The van der Waals surface area contributed by atoms with Gasteiger partial charge in [-0.2, -0.15) is 13.2 Å². The van der Waals surface area contributed by atoms with E-state index in [0.717, 1.165) is 29.4 Å². The number of halogens is 3. The van der Waals surface area contributed by atoms with E-state index in [1.807, 2.05) is 36.5 Å². The van der Waals surface area contributed by atoms with Crippen LogP contribution in [-0.2, 0) is 11.2 Å². The molecule has 0 bridgehead atoms. The summed E-state index contributed by atoms with van der Waals surface area (Å²) in [5.41, 5.74) is 1.97. The smallest absolute Gasteiger partial charge is 0.346 e.